The number of halogens is 2. The first kappa shape index (κ1) is 12.2. The van der Waals surface area contributed by atoms with Gasteiger partial charge in [-0.25, -0.2) is 0 Å². The second-order valence-electron chi connectivity index (χ2n) is 4.15. The van der Waals surface area contributed by atoms with Gasteiger partial charge in [0.1, 0.15) is 0 Å². The molecule has 18 heavy (non-hydrogen) atoms. The van der Waals surface area contributed by atoms with Crippen molar-refractivity contribution < 1.29 is 0 Å². The smallest absolute Gasteiger partial charge is 0.0254 e. The maximum atomic E-state index is 3.61. The van der Waals surface area contributed by atoms with E-state index in [2.05, 4.69) is 99.2 Å². The summed E-state index contributed by atoms with van der Waals surface area (Å²) in [6, 6.07) is 21.4. The summed E-state index contributed by atoms with van der Waals surface area (Å²) >= 11 is 5.95. The lowest BCUT2D eigenvalue weighted by Gasteiger charge is -2.08. The van der Waals surface area contributed by atoms with E-state index < -0.39 is 0 Å². The summed E-state index contributed by atoms with van der Waals surface area (Å²) in [5, 5.41) is 2.54. The average Bonchev–Trinajstić information content (AvgIpc) is 2.41. The fourth-order valence-electron chi connectivity index (χ4n) is 2.14. The zero-order valence-corrected chi connectivity index (χ0v) is 13.3. The van der Waals surface area contributed by atoms with E-state index in [0.717, 1.165) is 4.47 Å². The Morgan fingerprint density at radius 3 is 2.11 bits per heavy atom. The van der Waals surface area contributed by atoms with Gasteiger partial charge in [0.15, 0.2) is 0 Å². The summed E-state index contributed by atoms with van der Waals surface area (Å²) in [5.41, 5.74) is 2.55. The molecule has 0 nitrogen and oxygen atoms in total. The lowest BCUT2D eigenvalue weighted by molar-refractivity contribution is 1.61. The second kappa shape index (κ2) is 5.02. The normalized spacial score (nSPS) is 10.8. The van der Waals surface area contributed by atoms with Crippen molar-refractivity contribution in [3.63, 3.8) is 0 Å². The molecule has 0 aliphatic heterocycles. The van der Waals surface area contributed by atoms with Crippen LogP contribution in [0.3, 0.4) is 0 Å². The van der Waals surface area contributed by atoms with Crippen LogP contribution in [0.15, 0.2) is 65.1 Å². The molecule has 0 saturated carbocycles. The van der Waals surface area contributed by atoms with Crippen LogP contribution in [0.5, 0.6) is 0 Å². The van der Waals surface area contributed by atoms with Gasteiger partial charge in [0.2, 0.25) is 0 Å². The summed E-state index contributed by atoms with van der Waals surface area (Å²) in [7, 11) is 0. The number of hydrogen-bond donors (Lipinski definition) is 0. The van der Waals surface area contributed by atoms with Gasteiger partial charge >= 0.3 is 0 Å². The Kier molecular flexibility index (Phi) is 3.39. The van der Waals surface area contributed by atoms with Gasteiger partial charge in [-0.2, -0.15) is 0 Å². The zero-order chi connectivity index (χ0) is 12.5. The molecule has 0 bridgehead atoms. The molecule has 3 rings (SSSR count). The van der Waals surface area contributed by atoms with Crippen LogP contribution in [-0.2, 0) is 0 Å². The molecule has 3 aromatic carbocycles. The third-order valence-corrected chi connectivity index (χ3v) is 4.44. The second-order valence-corrected chi connectivity index (χ2v) is 6.25. The molecule has 0 fully saturated rings. The molecule has 3 aromatic rings. The molecule has 0 saturated heterocycles. The highest BCUT2D eigenvalue weighted by Gasteiger charge is 2.05. The van der Waals surface area contributed by atoms with Crippen LogP contribution >= 0.6 is 38.5 Å². The molecule has 0 amide bonds. The summed E-state index contributed by atoms with van der Waals surface area (Å²) in [6.07, 6.45) is 0. The van der Waals surface area contributed by atoms with Gasteiger partial charge in [-0.1, -0.05) is 58.4 Å². The third-order valence-electron chi connectivity index (χ3n) is 3.03. The van der Waals surface area contributed by atoms with Crippen molar-refractivity contribution in [2.75, 3.05) is 0 Å². The largest absolute Gasteiger partial charge is 0.0616 e. The van der Waals surface area contributed by atoms with Crippen molar-refractivity contribution >= 4 is 49.3 Å². The van der Waals surface area contributed by atoms with Crippen molar-refractivity contribution in [3.8, 4) is 11.1 Å². The molecular weight excluding hydrogens is 399 g/mol. The van der Waals surface area contributed by atoms with Crippen molar-refractivity contribution in [1.82, 2.24) is 0 Å². The lowest BCUT2D eigenvalue weighted by atomic mass is 9.98. The highest BCUT2D eigenvalue weighted by molar-refractivity contribution is 14.1. The Labute approximate surface area is 128 Å². The predicted octanol–water partition coefficient (Wildman–Crippen LogP) is 5.87. The SMILES string of the molecule is Brc1ccc(-c2ccc(I)cc2)c2ccccc12. The number of fused-ring (bicyclic) bond motifs is 1. The standard InChI is InChI=1S/C16H10BrI/c17-16-10-9-13(11-5-7-12(18)8-6-11)14-3-1-2-4-15(14)16/h1-10H. The first-order chi connectivity index (χ1) is 8.75. The molecule has 0 heterocycles. The first-order valence-corrected chi connectivity index (χ1v) is 7.56. The van der Waals surface area contributed by atoms with Crippen LogP contribution in [0.25, 0.3) is 21.9 Å². The van der Waals surface area contributed by atoms with Gasteiger partial charge < -0.3 is 0 Å². The van der Waals surface area contributed by atoms with Crippen molar-refractivity contribution in [2.45, 2.75) is 0 Å². The van der Waals surface area contributed by atoms with Crippen molar-refractivity contribution in [3.05, 3.63) is 68.7 Å². The Morgan fingerprint density at radius 2 is 1.39 bits per heavy atom. The summed E-state index contributed by atoms with van der Waals surface area (Å²) in [5.74, 6) is 0. The summed E-state index contributed by atoms with van der Waals surface area (Å²) < 4.78 is 2.41. The summed E-state index contributed by atoms with van der Waals surface area (Å²) in [6.45, 7) is 0. The molecule has 0 aromatic heterocycles. The Morgan fingerprint density at radius 1 is 0.722 bits per heavy atom. The molecule has 0 spiro atoms. The first-order valence-electron chi connectivity index (χ1n) is 5.69. The number of hydrogen-bond acceptors (Lipinski definition) is 0. The fraction of sp³-hybridized carbons (Fsp3) is 0. The van der Waals surface area contributed by atoms with Crippen LogP contribution in [0.4, 0.5) is 0 Å². The highest BCUT2D eigenvalue weighted by atomic mass is 127. The molecular formula is C16H10BrI. The average molecular weight is 409 g/mol. The van der Waals surface area contributed by atoms with E-state index in [4.69, 9.17) is 0 Å². The highest BCUT2D eigenvalue weighted by Crippen LogP contribution is 2.33. The molecule has 0 N–H and O–H groups in total. The van der Waals surface area contributed by atoms with Crippen LogP contribution in [0.1, 0.15) is 0 Å². The topological polar surface area (TPSA) is 0 Å². The van der Waals surface area contributed by atoms with Crippen LogP contribution in [0, 0.1) is 3.57 Å². The minimum Gasteiger partial charge on any atom is -0.0616 e. The number of rotatable bonds is 1. The predicted molar refractivity (Wildman–Crippen MR) is 89.8 cm³/mol. The molecule has 2 heteroatoms. The third kappa shape index (κ3) is 2.19. The molecule has 0 aliphatic carbocycles. The van der Waals surface area contributed by atoms with Crippen molar-refractivity contribution in [1.29, 1.82) is 0 Å². The minimum absolute atomic E-state index is 1.15. The fourth-order valence-corrected chi connectivity index (χ4v) is 2.98. The summed E-state index contributed by atoms with van der Waals surface area (Å²) in [4.78, 5) is 0. The van der Waals surface area contributed by atoms with E-state index in [1.165, 1.54) is 25.5 Å². The Bertz CT molecular complexity index is 702. The Hall–Kier alpha value is -0.870. The maximum absolute atomic E-state index is 3.61. The van der Waals surface area contributed by atoms with E-state index >= 15 is 0 Å². The van der Waals surface area contributed by atoms with Crippen LogP contribution in [0.2, 0.25) is 0 Å². The molecule has 0 atom stereocenters. The van der Waals surface area contributed by atoms with E-state index in [1.807, 2.05) is 0 Å². The monoisotopic (exact) mass is 408 g/mol. The molecule has 0 unspecified atom stereocenters. The van der Waals surface area contributed by atoms with E-state index in [-0.39, 0.29) is 0 Å². The van der Waals surface area contributed by atoms with Gasteiger partial charge in [0, 0.05) is 8.04 Å². The quantitative estimate of drug-likeness (QED) is 0.441. The van der Waals surface area contributed by atoms with Crippen molar-refractivity contribution in [2.24, 2.45) is 0 Å². The lowest BCUT2D eigenvalue weighted by Crippen LogP contribution is -1.82. The van der Waals surface area contributed by atoms with E-state index in [9.17, 15) is 0 Å². The maximum Gasteiger partial charge on any atom is 0.0254 e. The van der Waals surface area contributed by atoms with Gasteiger partial charge in [-0.05, 0) is 62.7 Å². The molecule has 88 valence electrons. The molecule has 0 aliphatic rings. The molecule has 0 radical (unpaired) electrons. The van der Waals surface area contributed by atoms with Crippen LogP contribution < -0.4 is 0 Å². The van der Waals surface area contributed by atoms with E-state index in [1.54, 1.807) is 0 Å². The number of benzene rings is 3. The van der Waals surface area contributed by atoms with Gasteiger partial charge in [-0.15, -0.1) is 0 Å². The van der Waals surface area contributed by atoms with Gasteiger partial charge in [0.05, 0.1) is 0 Å². The van der Waals surface area contributed by atoms with Gasteiger partial charge in [0.25, 0.3) is 0 Å². The van der Waals surface area contributed by atoms with Gasteiger partial charge in [-0.3, -0.25) is 0 Å². The Balaban J connectivity index is 2.30. The van der Waals surface area contributed by atoms with Crippen LogP contribution in [-0.4, -0.2) is 0 Å². The van der Waals surface area contributed by atoms with E-state index in [0.29, 0.717) is 0 Å². The minimum atomic E-state index is 1.15. The zero-order valence-electron chi connectivity index (χ0n) is 9.53.